The molecule has 3 rings (SSSR count). The lowest BCUT2D eigenvalue weighted by Gasteiger charge is -2.35. The zero-order chi connectivity index (χ0) is 16.1. The van der Waals surface area contributed by atoms with Crippen molar-refractivity contribution in [3.05, 3.63) is 54.1 Å². The van der Waals surface area contributed by atoms with Gasteiger partial charge < -0.3 is 14.6 Å². The lowest BCUT2D eigenvalue weighted by Crippen LogP contribution is -2.39. The second-order valence-corrected chi connectivity index (χ2v) is 5.91. The molecule has 1 aliphatic rings. The fraction of sp³-hybridized carbons (Fsp3) is 0.444. The number of amides is 1. The Morgan fingerprint density at radius 2 is 2.30 bits per heavy atom. The van der Waals surface area contributed by atoms with E-state index in [1.165, 1.54) is 11.1 Å². The topological polar surface area (TPSA) is 56.1 Å². The number of hydrogen-bond acceptors (Lipinski definition) is 3. The van der Waals surface area contributed by atoms with Gasteiger partial charge in [-0.25, -0.2) is 4.98 Å². The molecule has 1 N–H and O–H groups in total. The van der Waals surface area contributed by atoms with Gasteiger partial charge in [0.15, 0.2) is 0 Å². The summed E-state index contributed by atoms with van der Waals surface area (Å²) in [5, 5.41) is 3.16. The third-order valence-electron chi connectivity index (χ3n) is 4.29. The van der Waals surface area contributed by atoms with Crippen molar-refractivity contribution in [2.45, 2.75) is 38.3 Å². The minimum absolute atomic E-state index is 0.0492. The van der Waals surface area contributed by atoms with Gasteiger partial charge in [-0.2, -0.15) is 0 Å². The van der Waals surface area contributed by atoms with Crippen LogP contribution >= 0.6 is 0 Å². The minimum atomic E-state index is -0.0646. The highest BCUT2D eigenvalue weighted by Crippen LogP contribution is 2.37. The second-order valence-electron chi connectivity index (χ2n) is 5.91. The van der Waals surface area contributed by atoms with Crippen LogP contribution < -0.4 is 5.32 Å². The van der Waals surface area contributed by atoms with Crippen LogP contribution in [0.15, 0.2) is 43.0 Å². The first kappa shape index (κ1) is 15.7. The molecule has 2 atom stereocenters. The van der Waals surface area contributed by atoms with E-state index in [-0.39, 0.29) is 24.6 Å². The van der Waals surface area contributed by atoms with E-state index >= 15 is 0 Å². The number of carbonyl (C=O) groups excluding carboxylic acids is 1. The smallest absolute Gasteiger partial charge is 0.246 e. The van der Waals surface area contributed by atoms with Crippen LogP contribution in [-0.4, -0.2) is 28.7 Å². The Hall–Kier alpha value is -2.14. The summed E-state index contributed by atoms with van der Waals surface area (Å²) < 4.78 is 7.46. The standard InChI is InChI=1S/C18H23N3O2/c1-2-11-23-12-17(22)20-18-15-6-4-3-5-14(15)7-8-16(18)21-10-9-19-13-21/h3-6,9-10,13,16,18H,2,7-8,11-12H2,1H3,(H,20,22)/t16-,18-/m0/s1. The van der Waals surface area contributed by atoms with Gasteiger partial charge in [0.1, 0.15) is 6.61 Å². The summed E-state index contributed by atoms with van der Waals surface area (Å²) in [7, 11) is 0. The van der Waals surface area contributed by atoms with Gasteiger partial charge in [0.25, 0.3) is 0 Å². The summed E-state index contributed by atoms with van der Waals surface area (Å²) in [4.78, 5) is 16.4. The molecule has 0 bridgehead atoms. The van der Waals surface area contributed by atoms with E-state index < -0.39 is 0 Å². The van der Waals surface area contributed by atoms with E-state index in [1.54, 1.807) is 6.20 Å². The van der Waals surface area contributed by atoms with Crippen LogP contribution in [-0.2, 0) is 16.0 Å². The van der Waals surface area contributed by atoms with Crippen molar-refractivity contribution in [3.8, 4) is 0 Å². The number of hydrogen-bond donors (Lipinski definition) is 1. The molecule has 2 aromatic rings. The molecule has 1 heterocycles. The van der Waals surface area contributed by atoms with Crippen molar-refractivity contribution < 1.29 is 9.53 Å². The molecular formula is C18H23N3O2. The van der Waals surface area contributed by atoms with Crippen molar-refractivity contribution in [1.82, 2.24) is 14.9 Å². The van der Waals surface area contributed by atoms with Gasteiger partial charge in [0, 0.05) is 19.0 Å². The van der Waals surface area contributed by atoms with Crippen molar-refractivity contribution in [2.24, 2.45) is 0 Å². The lowest BCUT2D eigenvalue weighted by atomic mass is 9.84. The van der Waals surface area contributed by atoms with Crippen molar-refractivity contribution in [2.75, 3.05) is 13.2 Å². The van der Waals surface area contributed by atoms with E-state index in [0.717, 1.165) is 19.3 Å². The number of benzene rings is 1. The average molecular weight is 313 g/mol. The Kier molecular flexibility index (Phi) is 5.08. The number of imidazole rings is 1. The van der Waals surface area contributed by atoms with Gasteiger partial charge in [-0.15, -0.1) is 0 Å². The highest BCUT2D eigenvalue weighted by atomic mass is 16.5. The SMILES string of the molecule is CCCOCC(=O)N[C@H]1c2ccccc2CC[C@@H]1n1ccnc1. The van der Waals surface area contributed by atoms with Crippen molar-refractivity contribution >= 4 is 5.91 Å². The summed E-state index contributed by atoms with van der Waals surface area (Å²) in [6, 6.07) is 8.47. The van der Waals surface area contributed by atoms with Gasteiger partial charge in [0.2, 0.25) is 5.91 Å². The van der Waals surface area contributed by atoms with Crippen LogP contribution in [0, 0.1) is 0 Å². The summed E-state index contributed by atoms with van der Waals surface area (Å²) >= 11 is 0. The number of fused-ring (bicyclic) bond motifs is 1. The molecular weight excluding hydrogens is 290 g/mol. The van der Waals surface area contributed by atoms with Gasteiger partial charge in [-0.1, -0.05) is 31.2 Å². The van der Waals surface area contributed by atoms with Crippen LogP contribution in [0.4, 0.5) is 0 Å². The maximum atomic E-state index is 12.3. The fourth-order valence-corrected chi connectivity index (χ4v) is 3.23. The first-order valence-corrected chi connectivity index (χ1v) is 8.22. The van der Waals surface area contributed by atoms with E-state index in [1.807, 2.05) is 25.5 Å². The van der Waals surface area contributed by atoms with Gasteiger partial charge >= 0.3 is 0 Å². The van der Waals surface area contributed by atoms with Crippen molar-refractivity contribution in [3.63, 3.8) is 0 Å². The van der Waals surface area contributed by atoms with Gasteiger partial charge in [-0.3, -0.25) is 4.79 Å². The number of aromatic nitrogens is 2. The third kappa shape index (κ3) is 3.62. The Morgan fingerprint density at radius 3 is 3.09 bits per heavy atom. The Balaban J connectivity index is 1.80. The highest BCUT2D eigenvalue weighted by Gasteiger charge is 2.31. The Labute approximate surface area is 136 Å². The zero-order valence-electron chi connectivity index (χ0n) is 13.4. The van der Waals surface area contributed by atoms with E-state index in [0.29, 0.717) is 6.61 Å². The molecule has 122 valence electrons. The van der Waals surface area contributed by atoms with E-state index in [2.05, 4.69) is 33.1 Å². The molecule has 0 fully saturated rings. The maximum absolute atomic E-state index is 12.3. The average Bonchev–Trinajstić information content (AvgIpc) is 3.10. The predicted octanol–water partition coefficient (Wildman–Crippen LogP) is 2.65. The first-order chi connectivity index (χ1) is 11.3. The number of nitrogens with one attached hydrogen (secondary N) is 1. The number of rotatable bonds is 6. The molecule has 0 spiro atoms. The minimum Gasteiger partial charge on any atom is -0.372 e. The Bertz CT molecular complexity index is 639. The molecule has 1 aromatic heterocycles. The number of aryl methyl sites for hydroxylation is 1. The molecule has 0 aliphatic heterocycles. The first-order valence-electron chi connectivity index (χ1n) is 8.22. The van der Waals surface area contributed by atoms with Crippen LogP contribution in [0.25, 0.3) is 0 Å². The van der Waals surface area contributed by atoms with E-state index in [4.69, 9.17) is 4.74 Å². The zero-order valence-corrected chi connectivity index (χ0v) is 13.4. The molecule has 5 heteroatoms. The highest BCUT2D eigenvalue weighted by molar-refractivity contribution is 5.77. The lowest BCUT2D eigenvalue weighted by molar-refractivity contribution is -0.126. The van der Waals surface area contributed by atoms with Crippen molar-refractivity contribution in [1.29, 1.82) is 0 Å². The maximum Gasteiger partial charge on any atom is 0.246 e. The molecule has 0 saturated heterocycles. The molecule has 1 aromatic carbocycles. The van der Waals surface area contributed by atoms with Gasteiger partial charge in [-0.05, 0) is 30.4 Å². The molecule has 1 aliphatic carbocycles. The number of ether oxygens (including phenoxy) is 1. The summed E-state index contributed by atoms with van der Waals surface area (Å²) in [6.45, 7) is 2.76. The molecule has 0 saturated carbocycles. The van der Waals surface area contributed by atoms with Crippen LogP contribution in [0.1, 0.15) is 43.0 Å². The normalized spacial score (nSPS) is 20.0. The number of carbonyl (C=O) groups is 1. The Morgan fingerprint density at radius 1 is 1.43 bits per heavy atom. The predicted molar refractivity (Wildman–Crippen MR) is 88.0 cm³/mol. The quantitative estimate of drug-likeness (QED) is 0.834. The van der Waals surface area contributed by atoms with Gasteiger partial charge in [0.05, 0.1) is 18.4 Å². The van der Waals surface area contributed by atoms with E-state index in [9.17, 15) is 4.79 Å². The molecule has 23 heavy (non-hydrogen) atoms. The molecule has 5 nitrogen and oxygen atoms in total. The van der Waals surface area contributed by atoms with Crippen LogP contribution in [0.3, 0.4) is 0 Å². The molecule has 0 radical (unpaired) electrons. The number of nitrogens with zero attached hydrogens (tertiary/aromatic N) is 2. The summed E-state index contributed by atoms with van der Waals surface area (Å²) in [6.07, 6.45) is 8.48. The molecule has 0 unspecified atom stereocenters. The molecule has 1 amide bonds. The second kappa shape index (κ2) is 7.42. The van der Waals surface area contributed by atoms with Crippen LogP contribution in [0.5, 0.6) is 0 Å². The summed E-state index contributed by atoms with van der Waals surface area (Å²) in [5.41, 5.74) is 2.50. The largest absolute Gasteiger partial charge is 0.372 e. The third-order valence-corrected chi connectivity index (χ3v) is 4.29. The van der Waals surface area contributed by atoms with Crippen LogP contribution in [0.2, 0.25) is 0 Å². The summed E-state index contributed by atoms with van der Waals surface area (Å²) in [5.74, 6) is -0.0646. The monoisotopic (exact) mass is 313 g/mol. The fourth-order valence-electron chi connectivity index (χ4n) is 3.23.